The highest BCUT2D eigenvalue weighted by molar-refractivity contribution is 5.14. The highest BCUT2D eigenvalue weighted by Crippen LogP contribution is 2.28. The molecular weight excluding hydrogens is 210 g/mol. The molecule has 0 spiro atoms. The molecule has 1 fully saturated rings. The smallest absolute Gasteiger partial charge is 0.0360 e. The fourth-order valence-electron chi connectivity index (χ4n) is 2.66. The third kappa shape index (κ3) is 3.51. The summed E-state index contributed by atoms with van der Waals surface area (Å²) in [6.45, 7) is 2.36. The van der Waals surface area contributed by atoms with Gasteiger partial charge in [-0.05, 0) is 64.0 Å². The van der Waals surface area contributed by atoms with Crippen molar-refractivity contribution in [3.63, 3.8) is 0 Å². The molecule has 1 saturated heterocycles. The van der Waals surface area contributed by atoms with Crippen LogP contribution in [0.4, 0.5) is 0 Å². The lowest BCUT2D eigenvalue weighted by Gasteiger charge is -2.31. The van der Waals surface area contributed by atoms with E-state index in [-0.39, 0.29) is 0 Å². The zero-order valence-electron chi connectivity index (χ0n) is 10.9. The highest BCUT2D eigenvalue weighted by Gasteiger charge is 2.21. The van der Waals surface area contributed by atoms with E-state index in [4.69, 9.17) is 0 Å². The summed E-state index contributed by atoms with van der Waals surface area (Å²) in [7, 11) is 4.32. The molecule has 0 amide bonds. The molecule has 0 aromatic carbocycles. The van der Waals surface area contributed by atoms with Crippen molar-refractivity contribution in [1.82, 2.24) is 15.2 Å². The van der Waals surface area contributed by atoms with E-state index in [0.29, 0.717) is 6.04 Å². The molecule has 2 rings (SSSR count). The van der Waals surface area contributed by atoms with Crippen molar-refractivity contribution in [2.45, 2.75) is 25.3 Å². The summed E-state index contributed by atoms with van der Waals surface area (Å²) in [6, 6.07) is 4.72. The summed E-state index contributed by atoms with van der Waals surface area (Å²) in [5.74, 6) is 0.802. The molecule has 1 aliphatic heterocycles. The van der Waals surface area contributed by atoms with Crippen molar-refractivity contribution >= 4 is 0 Å². The summed E-state index contributed by atoms with van der Waals surface area (Å²) in [5.41, 5.74) is 1.34. The Hall–Kier alpha value is -0.930. The number of pyridine rings is 1. The van der Waals surface area contributed by atoms with Crippen molar-refractivity contribution in [3.8, 4) is 0 Å². The zero-order valence-corrected chi connectivity index (χ0v) is 10.9. The summed E-state index contributed by atoms with van der Waals surface area (Å²) in [4.78, 5) is 6.55. The Morgan fingerprint density at radius 3 is 3.00 bits per heavy atom. The Labute approximate surface area is 104 Å². The van der Waals surface area contributed by atoms with E-state index in [2.05, 4.69) is 35.4 Å². The van der Waals surface area contributed by atoms with Crippen molar-refractivity contribution in [2.24, 2.45) is 5.92 Å². The van der Waals surface area contributed by atoms with Crippen LogP contribution >= 0.6 is 0 Å². The lowest BCUT2D eigenvalue weighted by atomic mass is 9.89. The Bertz CT molecular complexity index is 317. The molecule has 3 nitrogen and oxygen atoms in total. The number of hydrogen-bond acceptors (Lipinski definition) is 3. The van der Waals surface area contributed by atoms with E-state index >= 15 is 0 Å². The molecule has 0 bridgehead atoms. The quantitative estimate of drug-likeness (QED) is 0.863. The van der Waals surface area contributed by atoms with Gasteiger partial charge in [0.15, 0.2) is 0 Å². The van der Waals surface area contributed by atoms with Crippen LogP contribution in [0.15, 0.2) is 24.5 Å². The van der Waals surface area contributed by atoms with Crippen molar-refractivity contribution < 1.29 is 0 Å². The first-order valence-electron chi connectivity index (χ1n) is 6.54. The first-order chi connectivity index (χ1) is 8.27. The van der Waals surface area contributed by atoms with Gasteiger partial charge in [-0.1, -0.05) is 6.07 Å². The molecule has 2 heterocycles. The Morgan fingerprint density at radius 2 is 2.41 bits per heavy atom. The summed E-state index contributed by atoms with van der Waals surface area (Å²) in [6.07, 6.45) is 7.75. The first kappa shape index (κ1) is 12.5. The van der Waals surface area contributed by atoms with Crippen molar-refractivity contribution in [3.05, 3.63) is 30.1 Å². The van der Waals surface area contributed by atoms with E-state index < -0.39 is 0 Å². The second-order valence-electron chi connectivity index (χ2n) is 5.21. The van der Waals surface area contributed by atoms with Gasteiger partial charge in [0.2, 0.25) is 0 Å². The number of nitrogens with zero attached hydrogens (tertiary/aromatic N) is 2. The average molecular weight is 233 g/mol. The lowest BCUT2D eigenvalue weighted by molar-refractivity contribution is 0.225. The minimum absolute atomic E-state index is 0.494. The van der Waals surface area contributed by atoms with Gasteiger partial charge in [-0.2, -0.15) is 0 Å². The van der Waals surface area contributed by atoms with Gasteiger partial charge >= 0.3 is 0 Å². The van der Waals surface area contributed by atoms with Gasteiger partial charge in [0.05, 0.1) is 0 Å². The second-order valence-corrected chi connectivity index (χ2v) is 5.21. The standard InChI is InChI=1S/C14H23N3/c1-17(2)14(13-6-4-8-16-11-13)9-12-5-3-7-15-10-12/h4,6,8,11-12,14-15H,3,5,7,9-10H2,1-2H3. The molecule has 2 atom stereocenters. The zero-order chi connectivity index (χ0) is 12.1. The van der Waals surface area contributed by atoms with Gasteiger partial charge in [-0.3, -0.25) is 4.98 Å². The Morgan fingerprint density at radius 1 is 1.53 bits per heavy atom. The fraction of sp³-hybridized carbons (Fsp3) is 0.643. The summed E-state index contributed by atoms with van der Waals surface area (Å²) < 4.78 is 0. The molecule has 94 valence electrons. The Balaban J connectivity index is 2.02. The van der Waals surface area contributed by atoms with Gasteiger partial charge in [0, 0.05) is 18.4 Å². The second kappa shape index (κ2) is 6.12. The molecule has 1 aromatic heterocycles. The van der Waals surface area contributed by atoms with Crippen LogP contribution in [0.25, 0.3) is 0 Å². The molecule has 0 radical (unpaired) electrons. The van der Waals surface area contributed by atoms with E-state index in [1.165, 1.54) is 37.9 Å². The summed E-state index contributed by atoms with van der Waals surface area (Å²) in [5, 5.41) is 3.50. The largest absolute Gasteiger partial charge is 0.316 e. The van der Waals surface area contributed by atoms with Crippen LogP contribution in [0.3, 0.4) is 0 Å². The molecule has 1 aliphatic rings. The third-order valence-corrected chi connectivity index (χ3v) is 3.65. The van der Waals surface area contributed by atoms with Gasteiger partial charge < -0.3 is 10.2 Å². The number of aromatic nitrogens is 1. The molecule has 3 heteroatoms. The maximum absolute atomic E-state index is 4.24. The lowest BCUT2D eigenvalue weighted by Crippen LogP contribution is -2.33. The number of hydrogen-bond donors (Lipinski definition) is 1. The minimum Gasteiger partial charge on any atom is -0.316 e. The molecular formula is C14H23N3. The normalized spacial score (nSPS) is 22.6. The van der Waals surface area contributed by atoms with Crippen molar-refractivity contribution in [1.29, 1.82) is 0 Å². The minimum atomic E-state index is 0.494. The highest BCUT2D eigenvalue weighted by atomic mass is 15.1. The van der Waals surface area contributed by atoms with Crippen LogP contribution < -0.4 is 5.32 Å². The van der Waals surface area contributed by atoms with Crippen LogP contribution in [0.5, 0.6) is 0 Å². The van der Waals surface area contributed by atoms with E-state index in [9.17, 15) is 0 Å². The van der Waals surface area contributed by atoms with E-state index in [1.807, 2.05) is 18.5 Å². The van der Waals surface area contributed by atoms with Gasteiger partial charge in [0.1, 0.15) is 0 Å². The van der Waals surface area contributed by atoms with E-state index in [1.54, 1.807) is 0 Å². The van der Waals surface area contributed by atoms with Gasteiger partial charge in [-0.15, -0.1) is 0 Å². The van der Waals surface area contributed by atoms with Crippen LogP contribution in [0.2, 0.25) is 0 Å². The molecule has 1 N–H and O–H groups in total. The predicted molar refractivity (Wildman–Crippen MR) is 70.9 cm³/mol. The van der Waals surface area contributed by atoms with Crippen LogP contribution in [-0.2, 0) is 0 Å². The van der Waals surface area contributed by atoms with Crippen LogP contribution in [0, 0.1) is 5.92 Å². The first-order valence-corrected chi connectivity index (χ1v) is 6.54. The molecule has 0 aliphatic carbocycles. The third-order valence-electron chi connectivity index (χ3n) is 3.65. The molecule has 1 aromatic rings. The number of nitrogens with one attached hydrogen (secondary N) is 1. The molecule has 17 heavy (non-hydrogen) atoms. The molecule has 2 unspecified atom stereocenters. The molecule has 0 saturated carbocycles. The summed E-state index contributed by atoms with van der Waals surface area (Å²) >= 11 is 0. The number of piperidine rings is 1. The van der Waals surface area contributed by atoms with Crippen LogP contribution in [0.1, 0.15) is 30.9 Å². The topological polar surface area (TPSA) is 28.2 Å². The number of rotatable bonds is 4. The monoisotopic (exact) mass is 233 g/mol. The van der Waals surface area contributed by atoms with Gasteiger partial charge in [-0.25, -0.2) is 0 Å². The predicted octanol–water partition coefficient (Wildman–Crippen LogP) is 2.07. The maximum Gasteiger partial charge on any atom is 0.0360 e. The SMILES string of the molecule is CN(C)C(CC1CCCNC1)c1cccnc1. The maximum atomic E-state index is 4.24. The average Bonchev–Trinajstić information content (AvgIpc) is 2.38. The van der Waals surface area contributed by atoms with Crippen molar-refractivity contribution in [2.75, 3.05) is 27.2 Å². The fourth-order valence-corrected chi connectivity index (χ4v) is 2.66. The van der Waals surface area contributed by atoms with Gasteiger partial charge in [0.25, 0.3) is 0 Å². The van der Waals surface area contributed by atoms with E-state index in [0.717, 1.165) is 5.92 Å². The van der Waals surface area contributed by atoms with Crippen LogP contribution in [-0.4, -0.2) is 37.1 Å². The Kier molecular flexibility index (Phi) is 4.51.